The average Bonchev–Trinajstić information content (AvgIpc) is 2.04. The lowest BCUT2D eigenvalue weighted by Gasteiger charge is -2.22. The maximum absolute atomic E-state index is 2.47. The van der Waals surface area contributed by atoms with Crippen molar-refractivity contribution in [1.82, 2.24) is 0 Å². The van der Waals surface area contributed by atoms with Crippen LogP contribution < -0.4 is 0 Å². The van der Waals surface area contributed by atoms with Gasteiger partial charge in [-0.15, -0.1) is 0 Å². The van der Waals surface area contributed by atoms with Gasteiger partial charge in [0.1, 0.15) is 18.8 Å². The summed E-state index contributed by atoms with van der Waals surface area (Å²) in [5.41, 5.74) is 0. The highest BCUT2D eigenvalue weighted by Crippen LogP contribution is 2.21. The van der Waals surface area contributed by atoms with Crippen LogP contribution in [-0.2, 0) is 0 Å². The van der Waals surface area contributed by atoms with Crippen LogP contribution in [0.25, 0.3) is 0 Å². The quantitative estimate of drug-likeness (QED) is 0.557. The Morgan fingerprint density at radius 2 is 1.92 bits per heavy atom. The first-order valence-corrected chi connectivity index (χ1v) is 5.20. The molecule has 0 aromatic heterocycles. The van der Waals surface area contributed by atoms with E-state index in [9.17, 15) is 0 Å². The molecule has 0 radical (unpaired) electrons. The number of rotatable bonds is 2. The number of nitrogens with zero attached hydrogens (tertiary/aromatic N) is 1. The summed E-state index contributed by atoms with van der Waals surface area (Å²) in [6, 6.07) is 0.693. The van der Waals surface area contributed by atoms with E-state index in [1.54, 1.807) is 0 Å². The Morgan fingerprint density at radius 3 is 2.25 bits per heavy atom. The van der Waals surface area contributed by atoms with Crippen molar-refractivity contribution >= 4 is 6.21 Å². The lowest BCUT2D eigenvalue weighted by molar-refractivity contribution is -0.560. The maximum atomic E-state index is 2.47. The van der Waals surface area contributed by atoms with Crippen molar-refractivity contribution in [2.24, 2.45) is 11.8 Å². The van der Waals surface area contributed by atoms with Crippen molar-refractivity contribution in [2.45, 2.75) is 46.6 Å². The molecular formula is C11H22N+. The van der Waals surface area contributed by atoms with Gasteiger partial charge in [-0.25, -0.2) is 4.58 Å². The van der Waals surface area contributed by atoms with Gasteiger partial charge in [0.05, 0.1) is 0 Å². The molecule has 0 bridgehead atoms. The fourth-order valence-corrected chi connectivity index (χ4v) is 1.87. The Hall–Kier alpha value is -0.330. The molecule has 12 heavy (non-hydrogen) atoms. The highest BCUT2D eigenvalue weighted by atomic mass is 15.0. The smallest absolute Gasteiger partial charge is 0.146 e. The molecule has 0 aromatic rings. The third kappa shape index (κ3) is 2.33. The van der Waals surface area contributed by atoms with Crippen LogP contribution in [0.3, 0.4) is 0 Å². The highest BCUT2D eigenvalue weighted by Gasteiger charge is 2.22. The summed E-state index contributed by atoms with van der Waals surface area (Å²) in [5.74, 6) is 1.79. The Kier molecular flexibility index (Phi) is 3.30. The average molecular weight is 168 g/mol. The van der Waals surface area contributed by atoms with E-state index in [-0.39, 0.29) is 0 Å². The van der Waals surface area contributed by atoms with Gasteiger partial charge in [-0.2, -0.15) is 0 Å². The van der Waals surface area contributed by atoms with Crippen molar-refractivity contribution in [3.63, 3.8) is 0 Å². The Bertz CT molecular complexity index is 168. The van der Waals surface area contributed by atoms with Crippen LogP contribution in [0, 0.1) is 11.8 Å². The molecule has 1 heteroatoms. The van der Waals surface area contributed by atoms with Crippen molar-refractivity contribution < 1.29 is 4.58 Å². The van der Waals surface area contributed by atoms with Crippen LogP contribution in [0.15, 0.2) is 0 Å². The topological polar surface area (TPSA) is 3.01 Å². The molecule has 1 rings (SSSR count). The molecule has 0 fully saturated rings. The van der Waals surface area contributed by atoms with Gasteiger partial charge in [0.15, 0.2) is 0 Å². The van der Waals surface area contributed by atoms with E-state index in [4.69, 9.17) is 0 Å². The predicted molar refractivity (Wildman–Crippen MR) is 53.9 cm³/mol. The molecule has 0 amide bonds. The molecule has 0 spiro atoms. The predicted octanol–water partition coefficient (Wildman–Crippen LogP) is 2.54. The second-order valence-corrected chi connectivity index (χ2v) is 4.54. The Balaban J connectivity index is 2.47. The zero-order chi connectivity index (χ0) is 9.14. The minimum Gasteiger partial charge on any atom is -0.238 e. The summed E-state index contributed by atoms with van der Waals surface area (Å²) in [7, 11) is 0. The lowest BCUT2D eigenvalue weighted by Crippen LogP contribution is -2.30. The first-order chi connectivity index (χ1) is 5.61. The second-order valence-electron chi connectivity index (χ2n) is 4.54. The van der Waals surface area contributed by atoms with Gasteiger partial charge in [-0.1, -0.05) is 13.8 Å². The molecule has 0 saturated carbocycles. The molecule has 1 aliphatic rings. The SMILES string of the molecule is CC(C)C1CC=[N+](C(C)C)CC1. The minimum atomic E-state index is 0.693. The summed E-state index contributed by atoms with van der Waals surface area (Å²) in [6.07, 6.45) is 5.07. The molecule has 0 N–H and O–H groups in total. The molecule has 1 heterocycles. The summed E-state index contributed by atoms with van der Waals surface area (Å²) in [4.78, 5) is 0. The van der Waals surface area contributed by atoms with Crippen molar-refractivity contribution in [3.05, 3.63) is 0 Å². The van der Waals surface area contributed by atoms with E-state index < -0.39 is 0 Å². The van der Waals surface area contributed by atoms with Gasteiger partial charge in [-0.05, 0) is 25.7 Å². The van der Waals surface area contributed by atoms with Gasteiger partial charge in [0, 0.05) is 12.8 Å². The van der Waals surface area contributed by atoms with Crippen molar-refractivity contribution in [1.29, 1.82) is 0 Å². The summed E-state index contributed by atoms with van der Waals surface area (Å²) < 4.78 is 2.47. The van der Waals surface area contributed by atoms with E-state index in [0.717, 1.165) is 11.8 Å². The maximum Gasteiger partial charge on any atom is 0.146 e. The van der Waals surface area contributed by atoms with Crippen molar-refractivity contribution in [3.8, 4) is 0 Å². The largest absolute Gasteiger partial charge is 0.238 e. The summed E-state index contributed by atoms with van der Waals surface area (Å²) in [5, 5.41) is 0. The van der Waals surface area contributed by atoms with Crippen LogP contribution in [-0.4, -0.2) is 23.4 Å². The van der Waals surface area contributed by atoms with Gasteiger partial charge in [-0.3, -0.25) is 0 Å². The first-order valence-electron chi connectivity index (χ1n) is 5.20. The van der Waals surface area contributed by atoms with Gasteiger partial charge in [0.2, 0.25) is 0 Å². The molecule has 1 atom stereocenters. The standard InChI is InChI=1S/C11H22N/c1-9(2)11-5-7-12(8-6-11)10(3)4/h7,9-11H,5-6,8H2,1-4H3/q+1. The van der Waals surface area contributed by atoms with E-state index in [0.29, 0.717) is 6.04 Å². The van der Waals surface area contributed by atoms with Crippen LogP contribution >= 0.6 is 0 Å². The zero-order valence-electron chi connectivity index (χ0n) is 8.88. The van der Waals surface area contributed by atoms with Crippen LogP contribution in [0.4, 0.5) is 0 Å². The summed E-state index contributed by atoms with van der Waals surface area (Å²) >= 11 is 0. The van der Waals surface area contributed by atoms with Crippen molar-refractivity contribution in [2.75, 3.05) is 6.54 Å². The Labute approximate surface area is 76.5 Å². The molecule has 0 saturated heterocycles. The summed E-state index contributed by atoms with van der Waals surface area (Å²) in [6.45, 7) is 10.5. The second kappa shape index (κ2) is 4.06. The van der Waals surface area contributed by atoms with Crippen LogP contribution in [0.1, 0.15) is 40.5 Å². The van der Waals surface area contributed by atoms with E-state index in [1.807, 2.05) is 0 Å². The van der Waals surface area contributed by atoms with E-state index in [1.165, 1.54) is 19.4 Å². The van der Waals surface area contributed by atoms with Gasteiger partial charge >= 0.3 is 0 Å². The first kappa shape index (κ1) is 9.76. The zero-order valence-corrected chi connectivity index (χ0v) is 8.88. The molecule has 0 aliphatic carbocycles. The van der Waals surface area contributed by atoms with Gasteiger partial charge in [0.25, 0.3) is 0 Å². The number of hydrogen-bond acceptors (Lipinski definition) is 0. The Morgan fingerprint density at radius 1 is 1.25 bits per heavy atom. The fourth-order valence-electron chi connectivity index (χ4n) is 1.87. The van der Waals surface area contributed by atoms with Crippen LogP contribution in [0.5, 0.6) is 0 Å². The van der Waals surface area contributed by atoms with Crippen LogP contribution in [0.2, 0.25) is 0 Å². The number of hydrogen-bond donors (Lipinski definition) is 0. The molecule has 0 aromatic carbocycles. The molecule has 1 nitrogen and oxygen atoms in total. The third-order valence-electron chi connectivity index (χ3n) is 3.01. The monoisotopic (exact) mass is 168 g/mol. The van der Waals surface area contributed by atoms with E-state index >= 15 is 0 Å². The highest BCUT2D eigenvalue weighted by molar-refractivity contribution is 5.52. The molecule has 1 unspecified atom stereocenters. The van der Waals surface area contributed by atoms with Gasteiger partial charge < -0.3 is 0 Å². The lowest BCUT2D eigenvalue weighted by atomic mass is 9.88. The molecule has 70 valence electrons. The normalized spacial score (nSPS) is 24.8. The fraction of sp³-hybridized carbons (Fsp3) is 0.909. The minimum absolute atomic E-state index is 0.693. The molecular weight excluding hydrogens is 146 g/mol. The van der Waals surface area contributed by atoms with E-state index in [2.05, 4.69) is 38.5 Å². The third-order valence-corrected chi connectivity index (χ3v) is 3.01. The molecule has 1 aliphatic heterocycles.